The number of halogens is 2. The minimum absolute atomic E-state index is 0.0445. The van der Waals surface area contributed by atoms with Crippen LogP contribution in [0.4, 0.5) is 10.3 Å². The maximum atomic E-state index is 13.5. The molecule has 0 spiro atoms. The molecule has 72 valence electrons. The smallest absolute Gasteiger partial charge is 0.230 e. The molecule has 0 bridgehead atoms. The molecule has 0 atom stereocenters. The van der Waals surface area contributed by atoms with Gasteiger partial charge in [0, 0.05) is 5.56 Å². The fraction of sp³-hybridized carbons (Fsp3) is 0. The molecular formula is C9H6ClFN2O. The Morgan fingerprint density at radius 2 is 2.14 bits per heavy atom. The van der Waals surface area contributed by atoms with Gasteiger partial charge in [-0.15, -0.1) is 0 Å². The van der Waals surface area contributed by atoms with Crippen LogP contribution < -0.4 is 5.73 Å². The van der Waals surface area contributed by atoms with Gasteiger partial charge in [0.2, 0.25) is 5.88 Å². The lowest BCUT2D eigenvalue weighted by Crippen LogP contribution is -1.88. The van der Waals surface area contributed by atoms with Crippen LogP contribution in [0.2, 0.25) is 5.02 Å². The first-order valence-corrected chi connectivity index (χ1v) is 4.22. The van der Waals surface area contributed by atoms with E-state index in [1.807, 2.05) is 0 Å². The summed E-state index contributed by atoms with van der Waals surface area (Å²) in [5, 5.41) is 3.50. The van der Waals surface area contributed by atoms with E-state index in [0.29, 0.717) is 5.56 Å². The van der Waals surface area contributed by atoms with Crippen LogP contribution >= 0.6 is 11.6 Å². The highest BCUT2D eigenvalue weighted by Crippen LogP contribution is 2.30. The SMILES string of the molecule is Nc1oncc1-c1cccc(Cl)c1F. The van der Waals surface area contributed by atoms with Gasteiger partial charge in [-0.25, -0.2) is 4.39 Å². The third-order valence-corrected chi connectivity index (χ3v) is 2.13. The third kappa shape index (κ3) is 1.33. The Morgan fingerprint density at radius 3 is 2.79 bits per heavy atom. The average Bonchev–Trinajstić information content (AvgIpc) is 2.57. The van der Waals surface area contributed by atoms with Crippen molar-refractivity contribution in [1.29, 1.82) is 0 Å². The van der Waals surface area contributed by atoms with Gasteiger partial charge in [0.1, 0.15) is 5.82 Å². The van der Waals surface area contributed by atoms with Crippen LogP contribution in [0.5, 0.6) is 0 Å². The quantitative estimate of drug-likeness (QED) is 0.791. The van der Waals surface area contributed by atoms with Crippen molar-refractivity contribution in [3.05, 3.63) is 35.2 Å². The molecule has 2 rings (SSSR count). The minimum atomic E-state index is -0.524. The van der Waals surface area contributed by atoms with Crippen molar-refractivity contribution in [2.75, 3.05) is 5.73 Å². The van der Waals surface area contributed by atoms with Crippen LogP contribution in [0.1, 0.15) is 0 Å². The Morgan fingerprint density at radius 1 is 1.36 bits per heavy atom. The largest absolute Gasteiger partial charge is 0.367 e. The van der Waals surface area contributed by atoms with E-state index in [-0.39, 0.29) is 16.5 Å². The standard InChI is InChI=1S/C9H6ClFN2O/c10-7-3-1-2-5(8(7)11)6-4-13-14-9(6)12/h1-4H,12H2. The van der Waals surface area contributed by atoms with Crippen LogP contribution in [-0.2, 0) is 0 Å². The lowest BCUT2D eigenvalue weighted by molar-refractivity contribution is 0.436. The summed E-state index contributed by atoms with van der Waals surface area (Å²) in [6.45, 7) is 0. The van der Waals surface area contributed by atoms with Gasteiger partial charge in [0.15, 0.2) is 0 Å². The van der Waals surface area contributed by atoms with Gasteiger partial charge in [-0.2, -0.15) is 0 Å². The highest BCUT2D eigenvalue weighted by atomic mass is 35.5. The summed E-state index contributed by atoms with van der Waals surface area (Å²) in [4.78, 5) is 0. The van der Waals surface area contributed by atoms with Crippen LogP contribution in [-0.4, -0.2) is 5.16 Å². The number of aromatic nitrogens is 1. The summed E-state index contributed by atoms with van der Waals surface area (Å²) < 4.78 is 18.1. The summed E-state index contributed by atoms with van der Waals surface area (Å²) >= 11 is 5.62. The highest BCUT2D eigenvalue weighted by Gasteiger charge is 2.13. The molecule has 0 aliphatic rings. The predicted octanol–water partition coefficient (Wildman–Crippen LogP) is 2.72. The van der Waals surface area contributed by atoms with Gasteiger partial charge in [0.25, 0.3) is 0 Å². The Balaban J connectivity index is 2.63. The van der Waals surface area contributed by atoms with Gasteiger partial charge in [-0.3, -0.25) is 0 Å². The first-order valence-electron chi connectivity index (χ1n) is 3.84. The highest BCUT2D eigenvalue weighted by molar-refractivity contribution is 6.31. The van der Waals surface area contributed by atoms with Crippen LogP contribution in [0.25, 0.3) is 11.1 Å². The Labute approximate surface area is 84.3 Å². The number of nitrogen functional groups attached to an aromatic ring is 1. The second-order valence-electron chi connectivity index (χ2n) is 2.71. The molecule has 3 nitrogen and oxygen atoms in total. The van der Waals surface area contributed by atoms with Crippen molar-refractivity contribution in [2.24, 2.45) is 0 Å². The number of nitrogens with two attached hydrogens (primary N) is 1. The number of rotatable bonds is 1. The minimum Gasteiger partial charge on any atom is -0.367 e. The summed E-state index contributed by atoms with van der Waals surface area (Å²) in [6.07, 6.45) is 1.35. The molecule has 0 aliphatic heterocycles. The van der Waals surface area contributed by atoms with Gasteiger partial charge < -0.3 is 10.3 Å². The molecule has 0 radical (unpaired) electrons. The predicted molar refractivity (Wildman–Crippen MR) is 51.3 cm³/mol. The topological polar surface area (TPSA) is 52.0 Å². The van der Waals surface area contributed by atoms with Gasteiger partial charge in [-0.1, -0.05) is 28.9 Å². The fourth-order valence-corrected chi connectivity index (χ4v) is 1.34. The number of anilines is 1. The van der Waals surface area contributed by atoms with Crippen molar-refractivity contribution in [3.63, 3.8) is 0 Å². The zero-order valence-corrected chi connectivity index (χ0v) is 7.75. The van der Waals surface area contributed by atoms with Crippen LogP contribution in [0, 0.1) is 5.82 Å². The molecule has 2 aromatic rings. The molecule has 1 aromatic heterocycles. The van der Waals surface area contributed by atoms with Crippen molar-refractivity contribution >= 4 is 17.5 Å². The maximum absolute atomic E-state index is 13.5. The molecule has 1 heterocycles. The Kier molecular flexibility index (Phi) is 2.13. The first kappa shape index (κ1) is 9.02. The van der Waals surface area contributed by atoms with E-state index in [0.717, 1.165) is 0 Å². The molecule has 5 heteroatoms. The van der Waals surface area contributed by atoms with Crippen LogP contribution in [0.15, 0.2) is 28.9 Å². The molecule has 0 unspecified atom stereocenters. The van der Waals surface area contributed by atoms with E-state index in [9.17, 15) is 4.39 Å². The number of hydrogen-bond donors (Lipinski definition) is 1. The summed E-state index contributed by atoms with van der Waals surface area (Å²) in [5.41, 5.74) is 6.15. The molecule has 0 saturated heterocycles. The number of nitrogens with zero attached hydrogens (tertiary/aromatic N) is 1. The van der Waals surface area contributed by atoms with Crippen molar-refractivity contribution < 1.29 is 8.91 Å². The van der Waals surface area contributed by atoms with E-state index in [2.05, 4.69) is 9.68 Å². The number of hydrogen-bond acceptors (Lipinski definition) is 3. The summed E-state index contributed by atoms with van der Waals surface area (Å²) in [5.74, 6) is -0.449. The van der Waals surface area contributed by atoms with Gasteiger partial charge in [0.05, 0.1) is 16.8 Å². The maximum Gasteiger partial charge on any atom is 0.230 e. The van der Waals surface area contributed by atoms with E-state index >= 15 is 0 Å². The first-order chi connectivity index (χ1) is 6.70. The average molecular weight is 213 g/mol. The Hall–Kier alpha value is -1.55. The van der Waals surface area contributed by atoms with Gasteiger partial charge >= 0.3 is 0 Å². The molecule has 0 aliphatic carbocycles. The van der Waals surface area contributed by atoms with Crippen molar-refractivity contribution in [2.45, 2.75) is 0 Å². The normalized spacial score (nSPS) is 10.4. The number of benzene rings is 1. The van der Waals surface area contributed by atoms with Crippen molar-refractivity contribution in [3.8, 4) is 11.1 Å². The van der Waals surface area contributed by atoms with Crippen LogP contribution in [0.3, 0.4) is 0 Å². The molecule has 0 amide bonds. The fourth-order valence-electron chi connectivity index (χ4n) is 1.16. The molecule has 0 saturated carbocycles. The third-order valence-electron chi connectivity index (χ3n) is 1.84. The second-order valence-corrected chi connectivity index (χ2v) is 3.11. The zero-order valence-electron chi connectivity index (χ0n) is 7.00. The summed E-state index contributed by atoms with van der Waals surface area (Å²) in [7, 11) is 0. The molecular weight excluding hydrogens is 207 g/mol. The van der Waals surface area contributed by atoms with E-state index in [1.54, 1.807) is 12.1 Å². The van der Waals surface area contributed by atoms with E-state index in [4.69, 9.17) is 17.3 Å². The molecule has 2 N–H and O–H groups in total. The monoisotopic (exact) mass is 212 g/mol. The summed E-state index contributed by atoms with van der Waals surface area (Å²) in [6, 6.07) is 4.65. The molecule has 14 heavy (non-hydrogen) atoms. The lowest BCUT2D eigenvalue weighted by Gasteiger charge is -2.01. The zero-order chi connectivity index (χ0) is 10.1. The van der Waals surface area contributed by atoms with Crippen molar-refractivity contribution in [1.82, 2.24) is 5.16 Å². The lowest BCUT2D eigenvalue weighted by atomic mass is 10.1. The molecule has 0 fully saturated rings. The van der Waals surface area contributed by atoms with E-state index < -0.39 is 5.82 Å². The molecule has 1 aromatic carbocycles. The second kappa shape index (κ2) is 3.31. The van der Waals surface area contributed by atoms with E-state index in [1.165, 1.54) is 12.3 Å². The van der Waals surface area contributed by atoms with Gasteiger partial charge in [-0.05, 0) is 6.07 Å². The Bertz CT molecular complexity index is 470.